The highest BCUT2D eigenvalue weighted by Crippen LogP contribution is 2.36. The van der Waals surface area contributed by atoms with Gasteiger partial charge in [0.25, 0.3) is 0 Å². The van der Waals surface area contributed by atoms with E-state index in [2.05, 4.69) is 17.0 Å². The average molecular weight is 247 g/mol. The normalized spacial score (nSPS) is 28.8. The number of carbonyl (C=O) groups is 1. The van der Waals surface area contributed by atoms with Crippen molar-refractivity contribution in [2.24, 2.45) is 0 Å². The Bertz CT molecular complexity index is 250. The van der Waals surface area contributed by atoms with Gasteiger partial charge in [-0.3, -0.25) is 0 Å². The SMILES string of the molecule is COC(=O)C(C)(O)CNCC1(C)CCCS1. The molecule has 1 rings (SSSR count). The van der Waals surface area contributed by atoms with Crippen LogP contribution in [0.5, 0.6) is 0 Å². The molecule has 0 bridgehead atoms. The molecule has 0 aromatic carbocycles. The van der Waals surface area contributed by atoms with Gasteiger partial charge in [0.1, 0.15) is 0 Å². The summed E-state index contributed by atoms with van der Waals surface area (Å²) in [6, 6.07) is 0. The zero-order chi connectivity index (χ0) is 12.2. The van der Waals surface area contributed by atoms with Crippen LogP contribution in [0.25, 0.3) is 0 Å². The molecular weight excluding hydrogens is 226 g/mol. The molecule has 1 heterocycles. The molecule has 0 aromatic rings. The van der Waals surface area contributed by atoms with Gasteiger partial charge in [0.15, 0.2) is 5.60 Å². The number of thioether (sulfide) groups is 1. The quantitative estimate of drug-likeness (QED) is 0.703. The molecular formula is C11H21NO3S. The number of nitrogens with one attached hydrogen (secondary N) is 1. The Labute approximate surface area is 101 Å². The zero-order valence-electron chi connectivity index (χ0n) is 10.2. The largest absolute Gasteiger partial charge is 0.467 e. The monoisotopic (exact) mass is 247 g/mol. The highest BCUT2D eigenvalue weighted by atomic mass is 32.2. The summed E-state index contributed by atoms with van der Waals surface area (Å²) in [6.45, 7) is 4.72. The molecule has 5 heteroatoms. The summed E-state index contributed by atoms with van der Waals surface area (Å²) in [7, 11) is 1.28. The van der Waals surface area contributed by atoms with Crippen LogP contribution in [0.4, 0.5) is 0 Å². The number of carbonyl (C=O) groups excluding carboxylic acids is 1. The highest BCUT2D eigenvalue weighted by molar-refractivity contribution is 8.00. The van der Waals surface area contributed by atoms with Gasteiger partial charge in [-0.15, -0.1) is 0 Å². The van der Waals surface area contributed by atoms with E-state index in [0.717, 1.165) is 6.54 Å². The van der Waals surface area contributed by atoms with Gasteiger partial charge in [-0.25, -0.2) is 4.79 Å². The molecule has 4 nitrogen and oxygen atoms in total. The van der Waals surface area contributed by atoms with Gasteiger partial charge in [-0.1, -0.05) is 0 Å². The minimum atomic E-state index is -1.44. The minimum Gasteiger partial charge on any atom is -0.467 e. The number of aliphatic hydroxyl groups is 1. The minimum absolute atomic E-state index is 0.232. The molecule has 94 valence electrons. The number of esters is 1. The first-order chi connectivity index (χ1) is 7.40. The molecule has 16 heavy (non-hydrogen) atoms. The number of hydrogen-bond acceptors (Lipinski definition) is 5. The maximum absolute atomic E-state index is 11.2. The van der Waals surface area contributed by atoms with Crippen molar-refractivity contribution in [3.63, 3.8) is 0 Å². The van der Waals surface area contributed by atoms with Crippen molar-refractivity contribution in [1.29, 1.82) is 0 Å². The lowest BCUT2D eigenvalue weighted by Crippen LogP contribution is -2.48. The van der Waals surface area contributed by atoms with Crippen molar-refractivity contribution in [3.05, 3.63) is 0 Å². The third-order valence-corrected chi connectivity index (χ3v) is 4.43. The van der Waals surface area contributed by atoms with Crippen LogP contribution in [0.2, 0.25) is 0 Å². The maximum Gasteiger partial charge on any atom is 0.338 e. The van der Waals surface area contributed by atoms with E-state index in [4.69, 9.17) is 0 Å². The summed E-state index contributed by atoms with van der Waals surface area (Å²) in [4.78, 5) is 11.2. The standard InChI is InChI=1S/C11H21NO3S/c1-10(5-4-6-16-10)7-12-8-11(2,14)9(13)15-3/h12,14H,4-8H2,1-3H3. The summed E-state index contributed by atoms with van der Waals surface area (Å²) >= 11 is 1.95. The highest BCUT2D eigenvalue weighted by Gasteiger charge is 2.33. The summed E-state index contributed by atoms with van der Waals surface area (Å²) < 4.78 is 4.77. The van der Waals surface area contributed by atoms with E-state index in [-0.39, 0.29) is 11.3 Å². The van der Waals surface area contributed by atoms with E-state index in [9.17, 15) is 9.90 Å². The van der Waals surface area contributed by atoms with Crippen molar-refractivity contribution in [2.45, 2.75) is 37.0 Å². The summed E-state index contributed by atoms with van der Waals surface area (Å²) in [5.41, 5.74) is -1.44. The summed E-state index contributed by atoms with van der Waals surface area (Å²) in [5.74, 6) is 0.607. The van der Waals surface area contributed by atoms with Crippen LogP contribution >= 0.6 is 11.8 Å². The van der Waals surface area contributed by atoms with Crippen molar-refractivity contribution in [2.75, 3.05) is 26.0 Å². The molecule has 0 aromatic heterocycles. The number of methoxy groups -OCH3 is 1. The number of rotatable bonds is 5. The molecule has 1 aliphatic rings. The van der Waals surface area contributed by atoms with E-state index in [0.29, 0.717) is 0 Å². The Hall–Kier alpha value is -0.260. The van der Waals surface area contributed by atoms with E-state index in [1.165, 1.54) is 32.6 Å². The van der Waals surface area contributed by atoms with Gasteiger partial charge in [0.2, 0.25) is 0 Å². The number of ether oxygens (including phenoxy) is 1. The molecule has 0 amide bonds. The molecule has 0 saturated carbocycles. The molecule has 2 N–H and O–H groups in total. The fourth-order valence-corrected chi connectivity index (χ4v) is 3.11. The van der Waals surface area contributed by atoms with E-state index < -0.39 is 11.6 Å². The first-order valence-electron chi connectivity index (χ1n) is 5.55. The van der Waals surface area contributed by atoms with E-state index in [1.807, 2.05) is 11.8 Å². The van der Waals surface area contributed by atoms with Gasteiger partial charge >= 0.3 is 5.97 Å². The lowest BCUT2D eigenvalue weighted by atomic mass is 10.0. The lowest BCUT2D eigenvalue weighted by molar-refractivity contribution is -0.159. The topological polar surface area (TPSA) is 58.6 Å². The second-order valence-electron chi connectivity index (χ2n) is 4.77. The van der Waals surface area contributed by atoms with Gasteiger partial charge < -0.3 is 15.2 Å². The lowest BCUT2D eigenvalue weighted by Gasteiger charge is -2.26. The molecule has 2 unspecified atom stereocenters. The van der Waals surface area contributed by atoms with Crippen molar-refractivity contribution >= 4 is 17.7 Å². The molecule has 0 aliphatic carbocycles. The van der Waals surface area contributed by atoms with Gasteiger partial charge in [-0.2, -0.15) is 11.8 Å². The van der Waals surface area contributed by atoms with Crippen LogP contribution in [-0.2, 0) is 9.53 Å². The molecule has 1 saturated heterocycles. The van der Waals surface area contributed by atoms with E-state index >= 15 is 0 Å². The van der Waals surface area contributed by atoms with Crippen LogP contribution in [0, 0.1) is 0 Å². The van der Waals surface area contributed by atoms with Crippen LogP contribution in [-0.4, -0.2) is 47.4 Å². The first-order valence-corrected chi connectivity index (χ1v) is 6.54. The second-order valence-corrected chi connectivity index (χ2v) is 6.45. The van der Waals surface area contributed by atoms with Crippen LogP contribution in [0.1, 0.15) is 26.7 Å². The van der Waals surface area contributed by atoms with Crippen LogP contribution in [0.15, 0.2) is 0 Å². The Morgan fingerprint density at radius 2 is 2.38 bits per heavy atom. The van der Waals surface area contributed by atoms with Crippen LogP contribution < -0.4 is 5.32 Å². The van der Waals surface area contributed by atoms with Gasteiger partial charge in [0.05, 0.1) is 7.11 Å². The van der Waals surface area contributed by atoms with Crippen molar-refractivity contribution in [3.8, 4) is 0 Å². The third-order valence-electron chi connectivity index (χ3n) is 2.89. The molecule has 2 atom stereocenters. The summed E-state index contributed by atoms with van der Waals surface area (Å²) in [5, 5.41) is 12.9. The second kappa shape index (κ2) is 5.38. The zero-order valence-corrected chi connectivity index (χ0v) is 11.0. The third kappa shape index (κ3) is 3.64. The van der Waals surface area contributed by atoms with Gasteiger partial charge in [0, 0.05) is 17.8 Å². The Kier molecular flexibility index (Phi) is 4.64. The fourth-order valence-electron chi connectivity index (χ4n) is 1.84. The smallest absolute Gasteiger partial charge is 0.338 e. The Morgan fingerprint density at radius 1 is 1.69 bits per heavy atom. The Balaban J connectivity index is 2.31. The Morgan fingerprint density at radius 3 is 2.88 bits per heavy atom. The molecule has 0 spiro atoms. The van der Waals surface area contributed by atoms with Crippen molar-refractivity contribution in [1.82, 2.24) is 5.32 Å². The van der Waals surface area contributed by atoms with Crippen LogP contribution in [0.3, 0.4) is 0 Å². The first kappa shape index (κ1) is 13.8. The molecule has 1 aliphatic heterocycles. The maximum atomic E-state index is 11.2. The predicted octanol–water partition coefficient (Wildman–Crippen LogP) is 0.786. The predicted molar refractivity (Wildman–Crippen MR) is 65.6 cm³/mol. The fraction of sp³-hybridized carbons (Fsp3) is 0.909. The van der Waals surface area contributed by atoms with Crippen molar-refractivity contribution < 1.29 is 14.6 Å². The van der Waals surface area contributed by atoms with Gasteiger partial charge in [-0.05, 0) is 32.4 Å². The average Bonchev–Trinajstić information content (AvgIpc) is 2.63. The number of hydrogen-bond donors (Lipinski definition) is 2. The molecule has 0 radical (unpaired) electrons. The van der Waals surface area contributed by atoms with E-state index in [1.54, 1.807) is 0 Å². The molecule has 1 fully saturated rings. The summed E-state index contributed by atoms with van der Waals surface area (Å²) in [6.07, 6.45) is 2.43.